The first-order valence-corrected chi connectivity index (χ1v) is 8.90. The van der Waals surface area contributed by atoms with Gasteiger partial charge < -0.3 is 25.5 Å². The molecule has 1 unspecified atom stereocenters. The summed E-state index contributed by atoms with van der Waals surface area (Å²) in [6.45, 7) is 4.35. The summed E-state index contributed by atoms with van der Waals surface area (Å²) in [5, 5.41) is 9.42. The molecule has 0 bridgehead atoms. The van der Waals surface area contributed by atoms with Crippen molar-refractivity contribution in [2.24, 2.45) is 0 Å². The molecule has 2 heterocycles. The second-order valence-electron chi connectivity index (χ2n) is 5.94. The lowest BCUT2D eigenvalue weighted by molar-refractivity contribution is -0.139. The third-order valence-corrected chi connectivity index (χ3v) is 4.07. The zero-order valence-corrected chi connectivity index (χ0v) is 16.5. The number of aliphatic hydroxyl groups excluding tert-OH is 1. The Morgan fingerprint density at radius 3 is 2.64 bits per heavy atom. The molecule has 0 saturated heterocycles. The van der Waals surface area contributed by atoms with E-state index in [4.69, 9.17) is 5.73 Å². The van der Waals surface area contributed by atoms with Crippen LogP contribution in [0.2, 0.25) is 0 Å². The zero-order chi connectivity index (χ0) is 21.4. The molecule has 1 aromatic rings. The fourth-order valence-electron chi connectivity index (χ4n) is 2.87. The van der Waals surface area contributed by atoms with Gasteiger partial charge in [0.25, 0.3) is 5.56 Å². The number of aromatic nitrogens is 2. The van der Waals surface area contributed by atoms with E-state index < -0.39 is 29.9 Å². The average Bonchev–Trinajstić information content (AvgIpc) is 2.95. The SMILES string of the molecule is CC.CC(=O)C(CO)N(CCNF)C(=O)CN1CN(C)c2c1nc(N)[nH]c2=O. The molecule has 1 aromatic heterocycles. The van der Waals surface area contributed by atoms with Crippen LogP contribution in [0.15, 0.2) is 4.79 Å². The van der Waals surface area contributed by atoms with Crippen LogP contribution >= 0.6 is 0 Å². The number of fused-ring (bicyclic) bond motifs is 1. The van der Waals surface area contributed by atoms with Crippen LogP contribution < -0.4 is 26.6 Å². The van der Waals surface area contributed by atoms with Gasteiger partial charge in [-0.25, -0.2) is 0 Å². The first-order chi connectivity index (χ1) is 13.3. The monoisotopic (exact) mass is 401 g/mol. The van der Waals surface area contributed by atoms with Crippen LogP contribution in [0.5, 0.6) is 0 Å². The van der Waals surface area contributed by atoms with Crippen LogP contribution in [-0.4, -0.2) is 77.7 Å². The smallest absolute Gasteiger partial charge is 0.278 e. The molecular formula is C16H28FN7O4. The van der Waals surface area contributed by atoms with Gasteiger partial charge >= 0.3 is 0 Å². The van der Waals surface area contributed by atoms with Gasteiger partial charge in [0.05, 0.1) is 13.3 Å². The lowest BCUT2D eigenvalue weighted by atomic mass is 10.1. The van der Waals surface area contributed by atoms with Crippen LogP contribution in [0.25, 0.3) is 0 Å². The van der Waals surface area contributed by atoms with Gasteiger partial charge in [-0.05, 0) is 6.92 Å². The summed E-state index contributed by atoms with van der Waals surface area (Å²) in [5.74, 6) is -0.778. The van der Waals surface area contributed by atoms with Gasteiger partial charge in [0.1, 0.15) is 18.3 Å². The van der Waals surface area contributed by atoms with Gasteiger partial charge in [0.2, 0.25) is 11.9 Å². The molecule has 1 amide bonds. The van der Waals surface area contributed by atoms with Gasteiger partial charge in [-0.3, -0.25) is 19.4 Å². The van der Waals surface area contributed by atoms with E-state index in [1.54, 1.807) is 11.9 Å². The first kappa shape index (κ1) is 23.3. The molecule has 0 aromatic carbocycles. The Labute approximate surface area is 162 Å². The number of nitrogen functional groups attached to an aromatic ring is 1. The molecule has 5 N–H and O–H groups in total. The summed E-state index contributed by atoms with van der Waals surface area (Å²) >= 11 is 0. The van der Waals surface area contributed by atoms with Gasteiger partial charge in [-0.15, -0.1) is 4.48 Å². The van der Waals surface area contributed by atoms with E-state index in [-0.39, 0.29) is 43.8 Å². The van der Waals surface area contributed by atoms with Crippen molar-refractivity contribution in [1.82, 2.24) is 20.4 Å². The molecule has 0 fully saturated rings. The molecule has 11 nitrogen and oxygen atoms in total. The fourth-order valence-corrected chi connectivity index (χ4v) is 2.87. The van der Waals surface area contributed by atoms with Crippen molar-refractivity contribution >= 4 is 29.1 Å². The van der Waals surface area contributed by atoms with E-state index in [1.165, 1.54) is 17.4 Å². The molecule has 0 aliphatic carbocycles. The molecule has 28 heavy (non-hydrogen) atoms. The van der Waals surface area contributed by atoms with E-state index in [9.17, 15) is 24.0 Å². The van der Waals surface area contributed by atoms with Gasteiger partial charge in [0.15, 0.2) is 11.6 Å². The average molecular weight is 401 g/mol. The molecule has 0 radical (unpaired) electrons. The molecule has 1 aliphatic heterocycles. The van der Waals surface area contributed by atoms with Crippen molar-refractivity contribution in [1.29, 1.82) is 0 Å². The van der Waals surface area contributed by atoms with Crippen molar-refractivity contribution in [3.63, 3.8) is 0 Å². The normalized spacial score (nSPS) is 13.5. The zero-order valence-electron chi connectivity index (χ0n) is 16.5. The molecule has 158 valence electrons. The van der Waals surface area contributed by atoms with Gasteiger partial charge in [0, 0.05) is 20.1 Å². The van der Waals surface area contributed by atoms with E-state index in [0.717, 1.165) is 4.90 Å². The van der Waals surface area contributed by atoms with E-state index >= 15 is 0 Å². The number of carbonyl (C=O) groups excluding carboxylic acids is 2. The fraction of sp³-hybridized carbons (Fsp3) is 0.625. The van der Waals surface area contributed by atoms with Crippen molar-refractivity contribution in [3.8, 4) is 0 Å². The number of anilines is 3. The summed E-state index contributed by atoms with van der Waals surface area (Å²) in [6.07, 6.45) is 0. The quantitative estimate of drug-likeness (QED) is 0.396. The lowest BCUT2D eigenvalue weighted by Gasteiger charge is -2.30. The summed E-state index contributed by atoms with van der Waals surface area (Å²) in [5.41, 5.74) is 6.83. The largest absolute Gasteiger partial charge is 0.394 e. The van der Waals surface area contributed by atoms with Gasteiger partial charge in [-0.1, -0.05) is 13.8 Å². The number of amides is 1. The number of nitrogens with zero attached hydrogens (tertiary/aromatic N) is 4. The predicted molar refractivity (Wildman–Crippen MR) is 104 cm³/mol. The lowest BCUT2D eigenvalue weighted by Crippen LogP contribution is -2.52. The Balaban J connectivity index is 0.00000190. The number of halogens is 1. The Hall–Kier alpha value is -2.73. The third kappa shape index (κ3) is 5.16. The highest BCUT2D eigenvalue weighted by Crippen LogP contribution is 2.29. The number of ketones is 1. The Bertz CT molecular complexity index is 742. The molecule has 2 rings (SSSR count). The van der Waals surface area contributed by atoms with Crippen LogP contribution in [-0.2, 0) is 9.59 Å². The number of Topliss-reactive ketones (excluding diaryl/α,β-unsaturated/α-hetero) is 1. The second kappa shape index (κ2) is 10.6. The molecule has 1 atom stereocenters. The van der Waals surface area contributed by atoms with E-state index in [0.29, 0.717) is 0 Å². The summed E-state index contributed by atoms with van der Waals surface area (Å²) in [6, 6.07) is -1.08. The van der Waals surface area contributed by atoms with E-state index in [2.05, 4.69) is 9.97 Å². The summed E-state index contributed by atoms with van der Waals surface area (Å²) < 4.78 is 12.3. The summed E-state index contributed by atoms with van der Waals surface area (Å²) in [7, 11) is 1.66. The van der Waals surface area contributed by atoms with Crippen LogP contribution in [0, 0.1) is 0 Å². The number of hydrogen-bond acceptors (Lipinski definition) is 9. The molecule has 1 aliphatic rings. The van der Waals surface area contributed by atoms with Crippen molar-refractivity contribution in [2.75, 3.05) is 55.5 Å². The number of nitrogens with one attached hydrogen (secondary N) is 2. The van der Waals surface area contributed by atoms with Crippen molar-refractivity contribution in [3.05, 3.63) is 10.4 Å². The highest BCUT2D eigenvalue weighted by atomic mass is 19.2. The van der Waals surface area contributed by atoms with Crippen molar-refractivity contribution in [2.45, 2.75) is 26.8 Å². The van der Waals surface area contributed by atoms with E-state index in [1.807, 2.05) is 13.8 Å². The summed E-state index contributed by atoms with van der Waals surface area (Å²) in [4.78, 5) is 47.1. The topological polar surface area (TPSA) is 148 Å². The maximum atomic E-state index is 12.7. The minimum Gasteiger partial charge on any atom is -0.394 e. The highest BCUT2D eigenvalue weighted by molar-refractivity contribution is 5.90. The molecule has 0 saturated carbocycles. The minimum absolute atomic E-state index is 0.0862. The number of aliphatic hydroxyl groups is 1. The first-order valence-electron chi connectivity index (χ1n) is 8.90. The number of nitrogens with two attached hydrogens (primary N) is 1. The Morgan fingerprint density at radius 1 is 1.46 bits per heavy atom. The van der Waals surface area contributed by atoms with Crippen molar-refractivity contribution < 1.29 is 19.2 Å². The Morgan fingerprint density at radius 2 is 2.11 bits per heavy atom. The molecule has 0 spiro atoms. The number of carbonyl (C=O) groups is 2. The van der Waals surface area contributed by atoms with Crippen LogP contribution in [0.3, 0.4) is 0 Å². The third-order valence-electron chi connectivity index (χ3n) is 4.07. The van der Waals surface area contributed by atoms with Crippen LogP contribution in [0.4, 0.5) is 21.9 Å². The molecular weight excluding hydrogens is 373 g/mol. The van der Waals surface area contributed by atoms with Gasteiger partial charge in [-0.2, -0.15) is 10.5 Å². The maximum Gasteiger partial charge on any atom is 0.278 e. The number of rotatable bonds is 8. The second-order valence-corrected chi connectivity index (χ2v) is 5.94. The predicted octanol–water partition coefficient (Wildman–Crippen LogP) is -1.16. The molecule has 12 heteroatoms. The Kier molecular flexibility index (Phi) is 8.79. The number of aromatic amines is 1. The number of hydrogen-bond donors (Lipinski definition) is 4. The maximum absolute atomic E-state index is 12.7. The minimum atomic E-state index is -1.08. The van der Waals surface area contributed by atoms with Crippen LogP contribution in [0.1, 0.15) is 20.8 Å². The standard InChI is InChI=1S/C14H22FN7O4.C2H6/c1-8(24)9(6-23)22(4-3-17-15)10(25)5-21-7-20(2)11-12(21)18-14(16)19-13(11)26;1-2/h9,17,23H,3-7H2,1-2H3,(H3,16,18,19,26);1-2H3. The number of H-pyrrole nitrogens is 1. The highest BCUT2D eigenvalue weighted by Gasteiger charge is 2.33.